The van der Waals surface area contributed by atoms with Crippen LogP contribution >= 0.6 is 23.1 Å². The highest BCUT2D eigenvalue weighted by atomic mass is 32.2. The molecular formula is C36H33N5O3S2. The largest absolute Gasteiger partial charge is 0.321 e. The lowest BCUT2D eigenvalue weighted by molar-refractivity contribution is -0.116. The molecule has 46 heavy (non-hydrogen) atoms. The molecular weight excluding hydrogens is 615 g/mol. The molecule has 5 rings (SSSR count). The van der Waals surface area contributed by atoms with E-state index < -0.39 is 17.1 Å². The molecule has 0 aliphatic rings. The van der Waals surface area contributed by atoms with Crippen LogP contribution in [0.3, 0.4) is 0 Å². The molecule has 1 atom stereocenters. The number of carbonyl (C=O) groups is 3. The number of nitrogens with one attached hydrogen (secondary N) is 3. The van der Waals surface area contributed by atoms with Crippen LogP contribution in [0.25, 0.3) is 6.08 Å². The second kappa shape index (κ2) is 15.3. The van der Waals surface area contributed by atoms with E-state index in [-0.39, 0.29) is 11.6 Å². The molecule has 5 aromatic rings. The number of aromatic nitrogens is 2. The summed E-state index contributed by atoms with van der Waals surface area (Å²) in [6, 6.07) is 33.3. The first-order chi connectivity index (χ1) is 22.2. The third-order valence-corrected chi connectivity index (χ3v) is 8.89. The van der Waals surface area contributed by atoms with Gasteiger partial charge in [0.2, 0.25) is 11.0 Å². The van der Waals surface area contributed by atoms with Gasteiger partial charge in [0.15, 0.2) is 0 Å². The molecule has 1 heterocycles. The van der Waals surface area contributed by atoms with E-state index in [9.17, 15) is 14.4 Å². The smallest absolute Gasteiger partial charge is 0.272 e. The van der Waals surface area contributed by atoms with Gasteiger partial charge in [-0.1, -0.05) is 104 Å². The highest BCUT2D eigenvalue weighted by Crippen LogP contribution is 2.37. The molecule has 3 N–H and O–H groups in total. The summed E-state index contributed by atoms with van der Waals surface area (Å²) in [6.45, 7) is 6.06. The van der Waals surface area contributed by atoms with Crippen molar-refractivity contribution in [3.05, 3.63) is 142 Å². The van der Waals surface area contributed by atoms with Gasteiger partial charge in [0, 0.05) is 16.1 Å². The Morgan fingerprint density at radius 2 is 1.48 bits per heavy atom. The van der Waals surface area contributed by atoms with Gasteiger partial charge >= 0.3 is 0 Å². The van der Waals surface area contributed by atoms with Crippen molar-refractivity contribution in [1.82, 2.24) is 15.5 Å². The summed E-state index contributed by atoms with van der Waals surface area (Å²) in [5.74, 6) is -0.750. The fourth-order valence-electron chi connectivity index (χ4n) is 4.49. The molecule has 1 unspecified atom stereocenters. The van der Waals surface area contributed by atoms with Gasteiger partial charge in [-0.2, -0.15) is 0 Å². The van der Waals surface area contributed by atoms with Crippen LogP contribution < -0.4 is 16.0 Å². The van der Waals surface area contributed by atoms with E-state index >= 15 is 0 Å². The van der Waals surface area contributed by atoms with Crippen molar-refractivity contribution in [3.63, 3.8) is 0 Å². The Balaban J connectivity index is 1.37. The molecule has 0 aliphatic carbocycles. The van der Waals surface area contributed by atoms with E-state index in [1.165, 1.54) is 28.7 Å². The van der Waals surface area contributed by atoms with E-state index in [2.05, 4.69) is 40.0 Å². The van der Waals surface area contributed by atoms with E-state index in [0.717, 1.165) is 21.0 Å². The lowest BCUT2D eigenvalue weighted by atomic mass is 10.0. The van der Waals surface area contributed by atoms with Crippen LogP contribution in [0.5, 0.6) is 0 Å². The quantitative estimate of drug-likeness (QED) is 0.0994. The molecule has 8 nitrogen and oxygen atoms in total. The van der Waals surface area contributed by atoms with Crippen molar-refractivity contribution in [2.24, 2.45) is 0 Å². The maximum atomic E-state index is 13.7. The van der Waals surface area contributed by atoms with Gasteiger partial charge in [-0.3, -0.25) is 19.7 Å². The maximum Gasteiger partial charge on any atom is 0.272 e. The molecule has 1 aromatic heterocycles. The van der Waals surface area contributed by atoms with Gasteiger partial charge in [-0.05, 0) is 65.9 Å². The van der Waals surface area contributed by atoms with E-state index in [1.54, 1.807) is 42.5 Å². The van der Waals surface area contributed by atoms with E-state index in [1.807, 2.05) is 79.7 Å². The second-order valence-corrected chi connectivity index (χ2v) is 13.1. The molecule has 0 aliphatic heterocycles. The number of hydrogen-bond donors (Lipinski definition) is 3. The zero-order valence-corrected chi connectivity index (χ0v) is 27.2. The predicted octanol–water partition coefficient (Wildman–Crippen LogP) is 7.85. The Kier molecular flexibility index (Phi) is 10.7. The zero-order valence-electron chi connectivity index (χ0n) is 25.6. The lowest BCUT2D eigenvalue weighted by Crippen LogP contribution is -2.30. The summed E-state index contributed by atoms with van der Waals surface area (Å²) in [4.78, 5) is 40.9. The first kappa shape index (κ1) is 32.3. The normalized spacial score (nSPS) is 12.0. The van der Waals surface area contributed by atoms with Crippen LogP contribution in [0.1, 0.15) is 57.1 Å². The summed E-state index contributed by atoms with van der Waals surface area (Å²) in [5, 5.41) is 17.2. The van der Waals surface area contributed by atoms with Crippen LogP contribution in [0, 0.1) is 6.92 Å². The molecule has 3 amide bonds. The Hall–Kier alpha value is -5.06. The van der Waals surface area contributed by atoms with Crippen molar-refractivity contribution in [2.45, 2.75) is 36.8 Å². The highest BCUT2D eigenvalue weighted by molar-refractivity contribution is 8.00. The van der Waals surface area contributed by atoms with Crippen molar-refractivity contribution in [1.29, 1.82) is 0 Å². The fourth-order valence-corrected chi connectivity index (χ4v) is 6.16. The monoisotopic (exact) mass is 647 g/mol. The Bertz CT molecular complexity index is 1840. The number of benzene rings is 4. The van der Waals surface area contributed by atoms with Gasteiger partial charge in [-0.15, -0.1) is 22.0 Å². The van der Waals surface area contributed by atoms with Crippen LogP contribution in [0.2, 0.25) is 0 Å². The Morgan fingerprint density at radius 1 is 0.783 bits per heavy atom. The summed E-state index contributed by atoms with van der Waals surface area (Å²) in [6.07, 6.45) is 1.66. The minimum absolute atomic E-state index is 0.0955. The second-order valence-electron chi connectivity index (χ2n) is 10.7. The molecule has 0 bridgehead atoms. The van der Waals surface area contributed by atoms with Gasteiger partial charge in [0.25, 0.3) is 11.8 Å². The van der Waals surface area contributed by atoms with E-state index in [4.69, 9.17) is 0 Å². The summed E-state index contributed by atoms with van der Waals surface area (Å²) in [7, 11) is 0. The Labute approximate surface area is 276 Å². The predicted molar refractivity (Wildman–Crippen MR) is 186 cm³/mol. The van der Waals surface area contributed by atoms with E-state index in [0.29, 0.717) is 22.3 Å². The number of rotatable bonds is 11. The highest BCUT2D eigenvalue weighted by Gasteiger charge is 2.24. The number of thioether (sulfide) groups is 1. The maximum absolute atomic E-state index is 13.7. The van der Waals surface area contributed by atoms with Gasteiger partial charge in [0.1, 0.15) is 16.0 Å². The summed E-state index contributed by atoms with van der Waals surface area (Å²) in [5.41, 5.74) is 3.80. The average Bonchev–Trinajstić information content (AvgIpc) is 3.48. The van der Waals surface area contributed by atoms with Crippen molar-refractivity contribution in [2.75, 3.05) is 10.6 Å². The lowest BCUT2D eigenvalue weighted by Gasteiger charge is -2.17. The number of anilines is 2. The zero-order chi connectivity index (χ0) is 32.5. The molecule has 0 radical (unpaired) electrons. The minimum atomic E-state index is -0.592. The third kappa shape index (κ3) is 8.77. The Morgan fingerprint density at radius 3 is 2.13 bits per heavy atom. The molecule has 4 aromatic carbocycles. The number of amides is 3. The van der Waals surface area contributed by atoms with Crippen LogP contribution in [0.15, 0.2) is 120 Å². The van der Waals surface area contributed by atoms with Crippen molar-refractivity contribution in [3.8, 4) is 0 Å². The van der Waals surface area contributed by atoms with Gasteiger partial charge in [-0.25, -0.2) is 0 Å². The summed E-state index contributed by atoms with van der Waals surface area (Å²) >= 11 is 2.65. The summed E-state index contributed by atoms with van der Waals surface area (Å²) < 4.78 is 0. The van der Waals surface area contributed by atoms with Gasteiger partial charge in [0.05, 0.1) is 0 Å². The number of aryl methyl sites for hydroxylation is 1. The number of nitrogens with zero attached hydrogens (tertiary/aromatic N) is 2. The van der Waals surface area contributed by atoms with Crippen molar-refractivity contribution < 1.29 is 14.4 Å². The molecule has 0 saturated carbocycles. The molecule has 10 heteroatoms. The molecule has 0 spiro atoms. The van der Waals surface area contributed by atoms with Crippen LogP contribution in [0.4, 0.5) is 10.8 Å². The SMILES string of the molecule is Cc1nnc(NC(=O)C(Sc2cccc(NC(=O)/C(=C\c3ccc(C(C)C)cc3)NC(=O)c3ccccc3)c2)c2ccccc2)s1. The standard InChI is InChI=1S/C36H33N5O3S2/c1-23(2)26-19-17-25(18-20-26)21-31(38-33(42)28-13-8-5-9-14-28)34(43)37-29-15-10-16-30(22-29)46-32(27-11-6-4-7-12-27)35(44)39-36-41-40-24(3)45-36/h4-23,32H,1-3H3,(H,37,43)(H,38,42)(H,39,41,44)/b31-21+. The van der Waals surface area contributed by atoms with Crippen LogP contribution in [-0.4, -0.2) is 27.9 Å². The first-order valence-electron chi connectivity index (χ1n) is 14.7. The number of hydrogen-bond acceptors (Lipinski definition) is 7. The minimum Gasteiger partial charge on any atom is -0.321 e. The van der Waals surface area contributed by atoms with Gasteiger partial charge < -0.3 is 10.6 Å². The topological polar surface area (TPSA) is 113 Å². The third-order valence-electron chi connectivity index (χ3n) is 6.89. The first-order valence-corrected chi connectivity index (χ1v) is 16.4. The molecule has 232 valence electrons. The average molecular weight is 648 g/mol. The fraction of sp³-hybridized carbons (Fsp3) is 0.139. The van der Waals surface area contributed by atoms with Crippen molar-refractivity contribution >= 4 is 57.7 Å². The van der Waals surface area contributed by atoms with Crippen LogP contribution in [-0.2, 0) is 9.59 Å². The number of carbonyl (C=O) groups excluding carboxylic acids is 3. The molecule has 0 fully saturated rings. The molecule has 0 saturated heterocycles.